The average Bonchev–Trinajstić information content (AvgIpc) is 3.28. The van der Waals surface area contributed by atoms with E-state index in [1.165, 1.54) is 11.3 Å². The zero-order valence-corrected chi connectivity index (χ0v) is 18.9. The molecule has 0 radical (unpaired) electrons. The summed E-state index contributed by atoms with van der Waals surface area (Å²) in [7, 11) is 3.10. The molecule has 1 aliphatic heterocycles. The maximum Gasteiger partial charge on any atom is 0.260 e. The van der Waals surface area contributed by atoms with Gasteiger partial charge in [0.25, 0.3) is 5.91 Å². The van der Waals surface area contributed by atoms with Crippen molar-refractivity contribution in [3.8, 4) is 23.0 Å². The van der Waals surface area contributed by atoms with E-state index in [1.807, 2.05) is 24.3 Å². The normalized spacial score (nSPS) is 12.4. The Bertz CT molecular complexity index is 1240. The minimum Gasteiger partial charge on any atom is -0.497 e. The van der Waals surface area contributed by atoms with Gasteiger partial charge in [0, 0.05) is 36.2 Å². The molecule has 5 rings (SSSR count). The molecule has 4 aromatic rings. The quantitative estimate of drug-likeness (QED) is 0.421. The van der Waals surface area contributed by atoms with E-state index >= 15 is 0 Å². The average molecular weight is 464 g/mol. The number of amides is 1. The molecule has 0 fully saturated rings. The lowest BCUT2D eigenvalue weighted by atomic mass is 10.1. The van der Waals surface area contributed by atoms with Crippen LogP contribution in [-0.2, 0) is 6.54 Å². The molecule has 2 aromatic carbocycles. The Morgan fingerprint density at radius 2 is 1.79 bits per heavy atom. The monoisotopic (exact) mass is 463 g/mol. The third-order valence-electron chi connectivity index (χ3n) is 5.18. The van der Waals surface area contributed by atoms with Crippen LogP contribution in [0.4, 0.5) is 5.13 Å². The molecule has 8 nitrogen and oxygen atoms in total. The summed E-state index contributed by atoms with van der Waals surface area (Å²) in [5.41, 5.74) is 2.05. The summed E-state index contributed by atoms with van der Waals surface area (Å²) < 4.78 is 23.0. The van der Waals surface area contributed by atoms with Gasteiger partial charge in [-0.05, 0) is 23.8 Å². The summed E-state index contributed by atoms with van der Waals surface area (Å²) in [4.78, 5) is 24.3. The molecule has 2 aromatic heterocycles. The van der Waals surface area contributed by atoms with E-state index in [4.69, 9.17) is 23.9 Å². The van der Waals surface area contributed by atoms with Crippen LogP contribution in [0.5, 0.6) is 23.0 Å². The van der Waals surface area contributed by atoms with E-state index in [9.17, 15) is 4.79 Å². The van der Waals surface area contributed by atoms with E-state index in [0.717, 1.165) is 15.8 Å². The Hall–Kier alpha value is -3.85. The molecule has 0 unspecified atom stereocenters. The van der Waals surface area contributed by atoms with Crippen molar-refractivity contribution in [3.63, 3.8) is 0 Å². The molecule has 3 heterocycles. The van der Waals surface area contributed by atoms with Crippen LogP contribution < -0.4 is 23.8 Å². The van der Waals surface area contributed by atoms with E-state index in [0.29, 0.717) is 53.5 Å². The van der Waals surface area contributed by atoms with Crippen LogP contribution >= 0.6 is 11.3 Å². The third kappa shape index (κ3) is 4.27. The van der Waals surface area contributed by atoms with Crippen LogP contribution in [0.3, 0.4) is 0 Å². The van der Waals surface area contributed by atoms with Crippen LogP contribution in [0, 0.1) is 0 Å². The molecule has 0 aliphatic carbocycles. The first-order valence-corrected chi connectivity index (χ1v) is 11.1. The zero-order valence-electron chi connectivity index (χ0n) is 18.1. The fraction of sp³-hybridized carbons (Fsp3) is 0.208. The first-order valence-electron chi connectivity index (χ1n) is 10.3. The van der Waals surface area contributed by atoms with Crippen molar-refractivity contribution < 1.29 is 23.7 Å². The molecular weight excluding hydrogens is 442 g/mol. The van der Waals surface area contributed by atoms with Gasteiger partial charge in [0.15, 0.2) is 16.6 Å². The predicted molar refractivity (Wildman–Crippen MR) is 125 cm³/mol. The van der Waals surface area contributed by atoms with Gasteiger partial charge >= 0.3 is 0 Å². The van der Waals surface area contributed by atoms with Crippen molar-refractivity contribution in [1.82, 2.24) is 9.97 Å². The van der Waals surface area contributed by atoms with Crippen LogP contribution in [-0.4, -0.2) is 43.3 Å². The summed E-state index contributed by atoms with van der Waals surface area (Å²) in [6, 6.07) is 12.6. The number of anilines is 1. The van der Waals surface area contributed by atoms with Gasteiger partial charge in [-0.15, -0.1) is 0 Å². The number of pyridine rings is 1. The standard InChI is InChI=1S/C24H21N3O5S/c1-29-17-8-16(9-18(10-17)30-2)23(28)27(14-15-4-3-5-25-13-15)24-26-19-11-20-21(12-22(19)33-24)32-7-6-31-20/h3-5,8-13H,6-7,14H2,1-2H3. The van der Waals surface area contributed by atoms with Gasteiger partial charge in [0.1, 0.15) is 24.7 Å². The van der Waals surface area contributed by atoms with E-state index < -0.39 is 0 Å². The molecule has 0 spiro atoms. The Morgan fingerprint density at radius 3 is 2.45 bits per heavy atom. The fourth-order valence-corrected chi connectivity index (χ4v) is 4.53. The van der Waals surface area contributed by atoms with Gasteiger partial charge in [0.05, 0.1) is 31.0 Å². The van der Waals surface area contributed by atoms with Gasteiger partial charge in [0.2, 0.25) is 0 Å². The highest BCUT2D eigenvalue weighted by Gasteiger charge is 2.24. The lowest BCUT2D eigenvalue weighted by Crippen LogP contribution is -2.30. The Labute approximate surface area is 194 Å². The number of fused-ring (bicyclic) bond motifs is 2. The molecule has 0 atom stereocenters. The first kappa shape index (κ1) is 21.0. The summed E-state index contributed by atoms with van der Waals surface area (Å²) in [6.45, 7) is 1.31. The van der Waals surface area contributed by atoms with Crippen LogP contribution in [0.1, 0.15) is 15.9 Å². The van der Waals surface area contributed by atoms with Crippen molar-refractivity contribution in [2.45, 2.75) is 6.54 Å². The van der Waals surface area contributed by atoms with E-state index in [2.05, 4.69) is 4.98 Å². The molecule has 0 saturated carbocycles. The summed E-state index contributed by atoms with van der Waals surface area (Å²) in [6.07, 6.45) is 3.44. The molecule has 1 amide bonds. The number of carbonyl (C=O) groups excluding carboxylic acids is 1. The predicted octanol–water partition coefficient (Wildman–Crippen LogP) is 4.33. The number of hydrogen-bond acceptors (Lipinski definition) is 8. The summed E-state index contributed by atoms with van der Waals surface area (Å²) in [5.74, 6) is 2.18. The summed E-state index contributed by atoms with van der Waals surface area (Å²) >= 11 is 1.42. The molecule has 168 valence electrons. The highest BCUT2D eigenvalue weighted by atomic mass is 32.1. The van der Waals surface area contributed by atoms with Gasteiger partial charge in [-0.2, -0.15) is 0 Å². The lowest BCUT2D eigenvalue weighted by Gasteiger charge is -2.20. The van der Waals surface area contributed by atoms with Gasteiger partial charge in [-0.3, -0.25) is 14.7 Å². The number of benzene rings is 2. The number of nitrogens with zero attached hydrogens (tertiary/aromatic N) is 3. The van der Waals surface area contributed by atoms with Gasteiger partial charge < -0.3 is 18.9 Å². The van der Waals surface area contributed by atoms with Crippen LogP contribution in [0.2, 0.25) is 0 Å². The molecule has 9 heteroatoms. The molecular formula is C24H21N3O5S. The minimum absolute atomic E-state index is 0.229. The Kier molecular flexibility index (Phi) is 5.70. The zero-order chi connectivity index (χ0) is 22.8. The highest BCUT2D eigenvalue weighted by molar-refractivity contribution is 7.22. The maximum atomic E-state index is 13.7. The second-order valence-corrected chi connectivity index (χ2v) is 8.32. The highest BCUT2D eigenvalue weighted by Crippen LogP contribution is 2.39. The smallest absolute Gasteiger partial charge is 0.260 e. The van der Waals surface area contributed by atoms with E-state index in [1.54, 1.807) is 49.7 Å². The Balaban J connectivity index is 1.58. The largest absolute Gasteiger partial charge is 0.497 e. The lowest BCUT2D eigenvalue weighted by molar-refractivity contribution is 0.0984. The number of rotatable bonds is 6. The topological polar surface area (TPSA) is 83.0 Å². The molecule has 0 N–H and O–H groups in total. The molecule has 0 bridgehead atoms. The van der Waals surface area contributed by atoms with Crippen molar-refractivity contribution >= 4 is 32.6 Å². The molecule has 33 heavy (non-hydrogen) atoms. The van der Waals surface area contributed by atoms with Crippen molar-refractivity contribution in [3.05, 3.63) is 66.0 Å². The molecule has 0 saturated heterocycles. The first-order chi connectivity index (χ1) is 16.1. The van der Waals surface area contributed by atoms with Crippen molar-refractivity contribution in [1.29, 1.82) is 0 Å². The minimum atomic E-state index is -0.229. The second-order valence-electron chi connectivity index (χ2n) is 7.31. The van der Waals surface area contributed by atoms with Crippen LogP contribution in [0.25, 0.3) is 10.2 Å². The number of aromatic nitrogens is 2. The fourth-order valence-electron chi connectivity index (χ4n) is 3.56. The Morgan fingerprint density at radius 1 is 1.06 bits per heavy atom. The van der Waals surface area contributed by atoms with Gasteiger partial charge in [-0.25, -0.2) is 4.98 Å². The number of carbonyl (C=O) groups is 1. The third-order valence-corrected chi connectivity index (χ3v) is 6.22. The van der Waals surface area contributed by atoms with Crippen LogP contribution in [0.15, 0.2) is 54.9 Å². The second kappa shape index (κ2) is 8.95. The number of thiazole rings is 1. The van der Waals surface area contributed by atoms with Gasteiger partial charge in [-0.1, -0.05) is 17.4 Å². The molecule has 1 aliphatic rings. The van der Waals surface area contributed by atoms with Crippen molar-refractivity contribution in [2.24, 2.45) is 0 Å². The maximum absolute atomic E-state index is 13.7. The number of ether oxygens (including phenoxy) is 4. The van der Waals surface area contributed by atoms with E-state index in [-0.39, 0.29) is 5.91 Å². The van der Waals surface area contributed by atoms with Crippen molar-refractivity contribution in [2.75, 3.05) is 32.3 Å². The number of methoxy groups -OCH3 is 2. The number of hydrogen-bond donors (Lipinski definition) is 0. The SMILES string of the molecule is COc1cc(OC)cc(C(=O)N(Cc2cccnc2)c2nc3cc4c(cc3s2)OCCO4)c1. The summed E-state index contributed by atoms with van der Waals surface area (Å²) in [5, 5.41) is 0.558.